The first-order chi connectivity index (χ1) is 13.7. The summed E-state index contributed by atoms with van der Waals surface area (Å²) in [6.45, 7) is 3.02. The smallest absolute Gasteiger partial charge is 0.255 e. The lowest BCUT2D eigenvalue weighted by molar-refractivity contribution is 0.0597. The van der Waals surface area contributed by atoms with Crippen molar-refractivity contribution in [1.29, 1.82) is 0 Å². The van der Waals surface area contributed by atoms with Gasteiger partial charge in [-0.3, -0.25) is 19.7 Å². The first kappa shape index (κ1) is 18.8. The van der Waals surface area contributed by atoms with Crippen LogP contribution in [-0.2, 0) is 0 Å². The van der Waals surface area contributed by atoms with Crippen molar-refractivity contribution >= 4 is 21.8 Å². The minimum Gasteiger partial charge on any atom is -0.336 e. The Hall–Kier alpha value is -2.57. The fourth-order valence-corrected chi connectivity index (χ4v) is 4.05. The lowest BCUT2D eigenvalue weighted by Crippen LogP contribution is -2.49. The van der Waals surface area contributed by atoms with E-state index in [2.05, 4.69) is 67.2 Å². The monoisotopic (exact) mass is 436 g/mol. The van der Waals surface area contributed by atoms with Crippen molar-refractivity contribution < 1.29 is 4.79 Å². The van der Waals surface area contributed by atoms with Crippen LogP contribution in [0.1, 0.15) is 27.5 Å². The third-order valence-electron chi connectivity index (χ3n) is 5.06. The van der Waals surface area contributed by atoms with Crippen molar-refractivity contribution in [3.8, 4) is 0 Å². The molecule has 1 fully saturated rings. The number of halogens is 1. The van der Waals surface area contributed by atoms with E-state index < -0.39 is 0 Å². The molecule has 1 aliphatic heterocycles. The molecule has 3 aromatic rings. The van der Waals surface area contributed by atoms with Gasteiger partial charge in [-0.1, -0.05) is 30.3 Å². The molecule has 6 heteroatoms. The average Bonchev–Trinajstić information content (AvgIpc) is 2.75. The van der Waals surface area contributed by atoms with Gasteiger partial charge >= 0.3 is 0 Å². The zero-order valence-corrected chi connectivity index (χ0v) is 17.0. The maximum atomic E-state index is 12.8. The number of nitrogens with zero attached hydrogens (tertiary/aromatic N) is 4. The lowest BCUT2D eigenvalue weighted by Gasteiger charge is -2.39. The van der Waals surface area contributed by atoms with Gasteiger partial charge in [-0.25, -0.2) is 0 Å². The summed E-state index contributed by atoms with van der Waals surface area (Å²) in [6, 6.07) is 16.6. The molecule has 4 rings (SSSR count). The molecular formula is C22H21BrN4O. The molecule has 1 aromatic carbocycles. The molecule has 1 saturated heterocycles. The number of rotatable bonds is 4. The first-order valence-electron chi connectivity index (χ1n) is 9.31. The Morgan fingerprint density at radius 2 is 1.57 bits per heavy atom. The summed E-state index contributed by atoms with van der Waals surface area (Å²) in [5.41, 5.74) is 3.10. The Kier molecular flexibility index (Phi) is 5.78. The van der Waals surface area contributed by atoms with Crippen molar-refractivity contribution in [2.75, 3.05) is 26.2 Å². The van der Waals surface area contributed by atoms with Gasteiger partial charge in [-0.2, -0.15) is 0 Å². The molecule has 0 saturated carbocycles. The van der Waals surface area contributed by atoms with Gasteiger partial charge in [0.05, 0.1) is 11.6 Å². The van der Waals surface area contributed by atoms with E-state index in [1.54, 1.807) is 12.4 Å². The second-order valence-corrected chi connectivity index (χ2v) is 7.73. The van der Waals surface area contributed by atoms with E-state index in [1.807, 2.05) is 29.4 Å². The normalized spacial score (nSPS) is 16.0. The third-order valence-corrected chi connectivity index (χ3v) is 5.49. The zero-order chi connectivity index (χ0) is 19.3. The van der Waals surface area contributed by atoms with E-state index in [9.17, 15) is 4.79 Å². The van der Waals surface area contributed by atoms with Crippen LogP contribution in [0.15, 0.2) is 77.8 Å². The summed E-state index contributed by atoms with van der Waals surface area (Å²) in [4.78, 5) is 25.4. The van der Waals surface area contributed by atoms with E-state index in [0.29, 0.717) is 18.7 Å². The van der Waals surface area contributed by atoms with Gasteiger partial charge in [-0.05, 0) is 45.3 Å². The highest BCUT2D eigenvalue weighted by Gasteiger charge is 2.28. The highest BCUT2D eigenvalue weighted by atomic mass is 79.9. The number of aromatic nitrogens is 2. The van der Waals surface area contributed by atoms with Gasteiger partial charge in [0.25, 0.3) is 5.91 Å². The Labute approximate surface area is 173 Å². The Morgan fingerprint density at radius 1 is 0.893 bits per heavy atom. The van der Waals surface area contributed by atoms with Crippen LogP contribution in [0, 0.1) is 0 Å². The average molecular weight is 437 g/mol. The van der Waals surface area contributed by atoms with Gasteiger partial charge < -0.3 is 4.90 Å². The third kappa shape index (κ3) is 4.13. The Bertz CT molecular complexity index is 888. The summed E-state index contributed by atoms with van der Waals surface area (Å²) >= 11 is 3.39. The number of hydrogen-bond acceptors (Lipinski definition) is 4. The maximum Gasteiger partial charge on any atom is 0.255 e. The van der Waals surface area contributed by atoms with Crippen LogP contribution in [0.25, 0.3) is 0 Å². The van der Waals surface area contributed by atoms with Crippen molar-refractivity contribution in [1.82, 2.24) is 19.8 Å². The van der Waals surface area contributed by atoms with Gasteiger partial charge in [0, 0.05) is 55.4 Å². The number of benzene rings is 1. The van der Waals surface area contributed by atoms with Crippen LogP contribution in [0.2, 0.25) is 0 Å². The summed E-state index contributed by atoms with van der Waals surface area (Å²) in [7, 11) is 0. The second-order valence-electron chi connectivity index (χ2n) is 6.81. The molecule has 142 valence electrons. The molecule has 5 nitrogen and oxygen atoms in total. The molecule has 1 atom stereocenters. The Morgan fingerprint density at radius 3 is 2.25 bits per heavy atom. The minimum atomic E-state index is 0.0358. The van der Waals surface area contributed by atoms with Crippen molar-refractivity contribution in [3.05, 3.63) is 94.5 Å². The molecule has 0 aliphatic carbocycles. The van der Waals surface area contributed by atoms with E-state index in [4.69, 9.17) is 0 Å². The molecule has 1 amide bonds. The number of amides is 1. The summed E-state index contributed by atoms with van der Waals surface area (Å²) in [6.07, 6.45) is 6.99. The van der Waals surface area contributed by atoms with Crippen molar-refractivity contribution in [2.45, 2.75) is 6.04 Å². The standard InChI is InChI=1S/C22H21BrN4O/c23-20-14-19(15-25-16-20)22(28)27-12-10-26(11-13-27)21(17-4-2-1-3-5-17)18-6-8-24-9-7-18/h1-9,14-16,21H,10-13H2. The van der Waals surface area contributed by atoms with Crippen LogP contribution in [0.4, 0.5) is 0 Å². The molecule has 0 radical (unpaired) electrons. The molecule has 0 N–H and O–H groups in total. The van der Waals surface area contributed by atoms with E-state index in [1.165, 1.54) is 11.1 Å². The van der Waals surface area contributed by atoms with E-state index in [-0.39, 0.29) is 11.9 Å². The second kappa shape index (κ2) is 8.63. The number of piperazine rings is 1. The topological polar surface area (TPSA) is 49.3 Å². The molecule has 3 heterocycles. The van der Waals surface area contributed by atoms with Gasteiger partial charge in [0.2, 0.25) is 0 Å². The highest BCUT2D eigenvalue weighted by Crippen LogP contribution is 2.29. The van der Waals surface area contributed by atoms with Crippen LogP contribution in [0.5, 0.6) is 0 Å². The van der Waals surface area contributed by atoms with Crippen molar-refractivity contribution in [3.63, 3.8) is 0 Å². The SMILES string of the molecule is O=C(c1cncc(Br)c1)N1CCN(C(c2ccccc2)c2ccncc2)CC1. The summed E-state index contributed by atoms with van der Waals surface area (Å²) in [5, 5.41) is 0. The number of pyridine rings is 2. The minimum absolute atomic E-state index is 0.0358. The molecule has 1 unspecified atom stereocenters. The fourth-order valence-electron chi connectivity index (χ4n) is 3.69. The van der Waals surface area contributed by atoms with Crippen molar-refractivity contribution in [2.24, 2.45) is 0 Å². The number of carbonyl (C=O) groups is 1. The van der Waals surface area contributed by atoms with Crippen LogP contribution < -0.4 is 0 Å². The number of hydrogen-bond donors (Lipinski definition) is 0. The van der Waals surface area contributed by atoms with Gasteiger partial charge in [-0.15, -0.1) is 0 Å². The van der Waals surface area contributed by atoms with Crippen LogP contribution >= 0.6 is 15.9 Å². The Balaban J connectivity index is 1.51. The zero-order valence-electron chi connectivity index (χ0n) is 15.4. The fraction of sp³-hybridized carbons (Fsp3) is 0.227. The first-order valence-corrected chi connectivity index (χ1v) is 10.1. The number of carbonyl (C=O) groups excluding carboxylic acids is 1. The summed E-state index contributed by atoms with van der Waals surface area (Å²) < 4.78 is 0.818. The predicted molar refractivity (Wildman–Crippen MR) is 112 cm³/mol. The van der Waals surface area contributed by atoms with Gasteiger partial charge in [0.1, 0.15) is 0 Å². The molecule has 0 spiro atoms. The van der Waals surface area contributed by atoms with E-state index >= 15 is 0 Å². The van der Waals surface area contributed by atoms with Crippen LogP contribution in [0.3, 0.4) is 0 Å². The molecule has 2 aromatic heterocycles. The molecule has 1 aliphatic rings. The van der Waals surface area contributed by atoms with Crippen LogP contribution in [-0.4, -0.2) is 51.9 Å². The quantitative estimate of drug-likeness (QED) is 0.624. The maximum absolute atomic E-state index is 12.8. The van der Waals surface area contributed by atoms with Gasteiger partial charge in [0.15, 0.2) is 0 Å². The largest absolute Gasteiger partial charge is 0.336 e. The molecule has 0 bridgehead atoms. The highest BCUT2D eigenvalue weighted by molar-refractivity contribution is 9.10. The van der Waals surface area contributed by atoms with E-state index in [0.717, 1.165) is 17.6 Å². The summed E-state index contributed by atoms with van der Waals surface area (Å²) in [5.74, 6) is 0.0358. The molecular weight excluding hydrogens is 416 g/mol. The molecule has 28 heavy (non-hydrogen) atoms. The predicted octanol–water partition coefficient (Wildman–Crippen LogP) is 3.79. The lowest BCUT2D eigenvalue weighted by atomic mass is 9.97.